The van der Waals surface area contributed by atoms with E-state index in [1.165, 1.54) is 38.5 Å². The van der Waals surface area contributed by atoms with Crippen molar-refractivity contribution in [2.75, 3.05) is 0 Å². The van der Waals surface area contributed by atoms with Gasteiger partial charge >= 0.3 is 0 Å². The molecule has 0 bridgehead atoms. The zero-order valence-electron chi connectivity index (χ0n) is 16.2. The summed E-state index contributed by atoms with van der Waals surface area (Å²) < 4.78 is 7.11. The molecule has 21 heavy (non-hydrogen) atoms. The minimum Gasteiger partial charge on any atom is -0.368 e. The highest BCUT2D eigenvalue weighted by Gasteiger charge is 2.44. The number of ether oxygens (including phenoxy) is 1. The molecule has 1 nitrogen and oxygen atoms in total. The Morgan fingerprint density at radius 2 is 1.00 bits per heavy atom. The second kappa shape index (κ2) is 9.87. The van der Waals surface area contributed by atoms with Gasteiger partial charge in [0.25, 0.3) is 0 Å². The van der Waals surface area contributed by atoms with Gasteiger partial charge < -0.3 is 4.74 Å². The van der Waals surface area contributed by atoms with Gasteiger partial charge in [-0.2, -0.15) is 0 Å². The molecule has 0 heterocycles. The predicted molar refractivity (Wildman–Crippen MR) is 95.9 cm³/mol. The van der Waals surface area contributed by atoms with Crippen LogP contribution in [-0.2, 0) is 4.74 Å². The van der Waals surface area contributed by atoms with Crippen molar-refractivity contribution in [3.05, 3.63) is 0 Å². The van der Waals surface area contributed by atoms with Crippen LogP contribution in [-0.4, -0.2) is 11.2 Å². The number of hydrogen-bond acceptors (Lipinski definition) is 1. The lowest BCUT2D eigenvalue weighted by Gasteiger charge is -2.49. The van der Waals surface area contributed by atoms with Crippen molar-refractivity contribution in [3.63, 3.8) is 0 Å². The molecule has 0 fully saturated rings. The van der Waals surface area contributed by atoms with E-state index in [1.807, 2.05) is 0 Å². The maximum atomic E-state index is 7.11. The molecular weight excluding hydrogens is 256 g/mol. The average molecular weight is 299 g/mol. The molecule has 0 aromatic rings. The largest absolute Gasteiger partial charge is 0.368 e. The van der Waals surface area contributed by atoms with E-state index < -0.39 is 0 Å². The van der Waals surface area contributed by atoms with Crippen LogP contribution in [0.3, 0.4) is 0 Å². The SMILES string of the molecule is CCCC(CC)(OC(CC)(CCC)C(C)CC)C(C)CC. The first-order valence-electron chi connectivity index (χ1n) is 9.61. The molecular formula is C20H42O. The first-order chi connectivity index (χ1) is 9.91. The van der Waals surface area contributed by atoms with Gasteiger partial charge in [0.1, 0.15) is 0 Å². The lowest BCUT2D eigenvalue weighted by atomic mass is 9.76. The Bertz CT molecular complexity index is 237. The van der Waals surface area contributed by atoms with E-state index in [9.17, 15) is 0 Å². The zero-order valence-corrected chi connectivity index (χ0v) is 16.2. The molecule has 0 aliphatic carbocycles. The van der Waals surface area contributed by atoms with Crippen molar-refractivity contribution in [1.29, 1.82) is 0 Å². The molecule has 0 aromatic heterocycles. The van der Waals surface area contributed by atoms with Crippen LogP contribution in [0.4, 0.5) is 0 Å². The van der Waals surface area contributed by atoms with Gasteiger partial charge in [0.2, 0.25) is 0 Å². The van der Waals surface area contributed by atoms with Gasteiger partial charge in [-0.1, -0.05) is 81.1 Å². The molecule has 0 aliphatic rings. The van der Waals surface area contributed by atoms with E-state index in [0.717, 1.165) is 12.8 Å². The predicted octanol–water partition coefficient (Wildman–Crippen LogP) is 6.99. The minimum absolute atomic E-state index is 0.0676. The highest BCUT2D eigenvalue weighted by molar-refractivity contribution is 4.93. The Hall–Kier alpha value is -0.0400. The van der Waals surface area contributed by atoms with E-state index in [2.05, 4.69) is 55.4 Å². The summed E-state index contributed by atoms with van der Waals surface area (Å²) in [6, 6.07) is 0. The molecule has 128 valence electrons. The first kappa shape index (κ1) is 21.0. The fraction of sp³-hybridized carbons (Fsp3) is 1.00. The van der Waals surface area contributed by atoms with Gasteiger partial charge in [0.15, 0.2) is 0 Å². The van der Waals surface area contributed by atoms with Crippen LogP contribution < -0.4 is 0 Å². The lowest BCUT2D eigenvalue weighted by Crippen LogP contribution is -2.51. The van der Waals surface area contributed by atoms with Crippen molar-refractivity contribution in [1.82, 2.24) is 0 Å². The summed E-state index contributed by atoms with van der Waals surface area (Å²) in [4.78, 5) is 0. The molecule has 0 N–H and O–H groups in total. The first-order valence-corrected chi connectivity index (χ1v) is 9.61. The zero-order chi connectivity index (χ0) is 16.5. The molecule has 4 unspecified atom stereocenters. The monoisotopic (exact) mass is 298 g/mol. The van der Waals surface area contributed by atoms with Crippen molar-refractivity contribution < 1.29 is 4.74 Å². The van der Waals surface area contributed by atoms with Gasteiger partial charge in [-0.25, -0.2) is 0 Å². The fourth-order valence-corrected chi connectivity index (χ4v) is 3.99. The summed E-state index contributed by atoms with van der Waals surface area (Å²) in [6.45, 7) is 18.6. The topological polar surface area (TPSA) is 9.23 Å². The van der Waals surface area contributed by atoms with E-state index >= 15 is 0 Å². The molecule has 0 rings (SSSR count). The quantitative estimate of drug-likeness (QED) is 0.377. The Kier molecular flexibility index (Phi) is 9.85. The Morgan fingerprint density at radius 1 is 0.667 bits per heavy atom. The van der Waals surface area contributed by atoms with Gasteiger partial charge in [-0.05, 0) is 37.5 Å². The maximum Gasteiger partial charge on any atom is 0.0712 e. The molecule has 4 atom stereocenters. The van der Waals surface area contributed by atoms with Gasteiger partial charge in [0, 0.05) is 0 Å². The molecule has 0 saturated carbocycles. The number of hydrogen-bond donors (Lipinski definition) is 0. The third kappa shape index (κ3) is 4.98. The van der Waals surface area contributed by atoms with Gasteiger partial charge in [0.05, 0.1) is 11.2 Å². The molecule has 1 heteroatoms. The normalized spacial score (nSPS) is 20.6. The Balaban J connectivity index is 5.56. The van der Waals surface area contributed by atoms with Crippen LogP contribution in [0.1, 0.15) is 107 Å². The van der Waals surface area contributed by atoms with Crippen LogP contribution in [0, 0.1) is 11.8 Å². The third-order valence-corrected chi connectivity index (χ3v) is 5.97. The second-order valence-electron chi connectivity index (χ2n) is 7.06. The summed E-state index contributed by atoms with van der Waals surface area (Å²) in [5.41, 5.74) is 0.135. The van der Waals surface area contributed by atoms with Crippen LogP contribution >= 0.6 is 0 Å². The van der Waals surface area contributed by atoms with Crippen LogP contribution in [0.5, 0.6) is 0 Å². The second-order valence-corrected chi connectivity index (χ2v) is 7.06. The Morgan fingerprint density at radius 3 is 1.19 bits per heavy atom. The summed E-state index contributed by atoms with van der Waals surface area (Å²) in [5.74, 6) is 1.27. The highest BCUT2D eigenvalue weighted by Crippen LogP contribution is 2.43. The smallest absolute Gasteiger partial charge is 0.0712 e. The van der Waals surface area contributed by atoms with E-state index in [1.54, 1.807) is 0 Å². The molecule has 0 aliphatic heterocycles. The Labute approximate surface area is 135 Å². The lowest BCUT2D eigenvalue weighted by molar-refractivity contribution is -0.211. The van der Waals surface area contributed by atoms with Crippen molar-refractivity contribution in [2.24, 2.45) is 11.8 Å². The van der Waals surface area contributed by atoms with E-state index in [4.69, 9.17) is 4.74 Å². The maximum absolute atomic E-state index is 7.11. The van der Waals surface area contributed by atoms with Crippen LogP contribution in [0.25, 0.3) is 0 Å². The standard InChI is InChI=1S/C20H42O/c1-9-15-19(13-5,17(7)11-3)21-20(14-6,16-10-2)18(8)12-4/h17-18H,9-16H2,1-8H3. The summed E-state index contributed by atoms with van der Waals surface area (Å²) in [6.07, 6.45) is 9.51. The fourth-order valence-electron chi connectivity index (χ4n) is 3.99. The van der Waals surface area contributed by atoms with Crippen molar-refractivity contribution >= 4 is 0 Å². The highest BCUT2D eigenvalue weighted by atomic mass is 16.5. The van der Waals surface area contributed by atoms with Crippen LogP contribution in [0.15, 0.2) is 0 Å². The van der Waals surface area contributed by atoms with Crippen molar-refractivity contribution in [3.8, 4) is 0 Å². The van der Waals surface area contributed by atoms with Gasteiger partial charge in [-0.15, -0.1) is 0 Å². The van der Waals surface area contributed by atoms with Crippen LogP contribution in [0.2, 0.25) is 0 Å². The van der Waals surface area contributed by atoms with Crippen molar-refractivity contribution in [2.45, 2.75) is 118 Å². The third-order valence-electron chi connectivity index (χ3n) is 5.97. The molecule has 0 amide bonds. The molecule has 0 aromatic carbocycles. The molecule has 0 radical (unpaired) electrons. The molecule has 0 spiro atoms. The number of rotatable bonds is 12. The minimum atomic E-state index is 0.0676. The van der Waals surface area contributed by atoms with E-state index in [-0.39, 0.29) is 11.2 Å². The van der Waals surface area contributed by atoms with E-state index in [0.29, 0.717) is 11.8 Å². The average Bonchev–Trinajstić information content (AvgIpc) is 2.51. The summed E-state index contributed by atoms with van der Waals surface area (Å²) >= 11 is 0. The van der Waals surface area contributed by atoms with Gasteiger partial charge in [-0.3, -0.25) is 0 Å². The molecule has 0 saturated heterocycles. The summed E-state index contributed by atoms with van der Waals surface area (Å²) in [5, 5.41) is 0. The summed E-state index contributed by atoms with van der Waals surface area (Å²) in [7, 11) is 0.